The fraction of sp³-hybridized carbons (Fsp3) is 0.0667. The molecule has 0 spiro atoms. The molecule has 0 atom stereocenters. The van der Waals surface area contributed by atoms with Crippen LogP contribution in [0.15, 0.2) is 84.9 Å². The second-order valence-corrected chi connectivity index (χ2v) is 9.31. The fourth-order valence-corrected chi connectivity index (χ4v) is 4.06. The Kier molecular flexibility index (Phi) is 9.82. The van der Waals surface area contributed by atoms with Crippen LogP contribution in [0.5, 0.6) is 11.5 Å². The number of carboxylic acid groups (broad SMARTS) is 2. The number of carbonyl (C=O) groups excluding carboxylic acids is 2. The molecule has 0 radical (unpaired) electrons. The van der Waals surface area contributed by atoms with Gasteiger partial charge in [-0.3, -0.25) is 29.8 Å². The van der Waals surface area contributed by atoms with E-state index in [-0.39, 0.29) is 56.5 Å². The SMILES string of the molecule is O=C(COc1cccc([N+](=O)[O-])c1)Nc1ccc(-c2ccc(NC(=O)COc3cccc([N+](=O)[O-])c3)c(C(=O)O)c2)cc1C(=O)O. The van der Waals surface area contributed by atoms with Crippen LogP contribution < -0.4 is 20.1 Å². The number of nitro benzene ring substituents is 2. The number of amides is 2. The van der Waals surface area contributed by atoms with E-state index in [1.807, 2.05) is 0 Å². The van der Waals surface area contributed by atoms with Crippen LogP contribution in [0.25, 0.3) is 11.1 Å². The van der Waals surface area contributed by atoms with E-state index in [9.17, 15) is 49.6 Å². The number of aromatic carboxylic acids is 2. The van der Waals surface area contributed by atoms with Crippen molar-refractivity contribution < 1.29 is 48.7 Å². The van der Waals surface area contributed by atoms with E-state index < -0.39 is 46.8 Å². The zero-order valence-electron chi connectivity index (χ0n) is 23.4. The largest absolute Gasteiger partial charge is 0.484 e. The molecule has 2 amide bonds. The van der Waals surface area contributed by atoms with Crippen LogP contribution >= 0.6 is 0 Å². The molecule has 0 saturated carbocycles. The van der Waals surface area contributed by atoms with E-state index in [0.717, 1.165) is 12.1 Å². The first-order valence-electron chi connectivity index (χ1n) is 13.0. The van der Waals surface area contributed by atoms with Crippen molar-refractivity contribution in [2.24, 2.45) is 0 Å². The Morgan fingerprint density at radius 2 is 1.00 bits per heavy atom. The Morgan fingerprint density at radius 1 is 0.609 bits per heavy atom. The first kappa shape index (κ1) is 32.1. The molecule has 16 nitrogen and oxygen atoms in total. The summed E-state index contributed by atoms with van der Waals surface area (Å²) >= 11 is 0. The van der Waals surface area contributed by atoms with Gasteiger partial charge in [-0.05, 0) is 47.5 Å². The van der Waals surface area contributed by atoms with Gasteiger partial charge in [0.2, 0.25) is 0 Å². The van der Waals surface area contributed by atoms with E-state index >= 15 is 0 Å². The lowest BCUT2D eigenvalue weighted by Gasteiger charge is -2.13. The standard InChI is InChI=1S/C30H22N4O12/c35-27(15-45-21-5-1-3-19(13-21)33(41)42)31-25-9-7-17(11-23(25)29(37)38)18-8-10-26(24(12-18)30(39)40)32-28(36)16-46-22-6-2-4-20(14-22)34(43)44/h1-14H,15-16H2,(H,31,35)(H,32,36)(H,37,38)(H,39,40). The topological polar surface area (TPSA) is 238 Å². The third-order valence-electron chi connectivity index (χ3n) is 6.18. The van der Waals surface area contributed by atoms with Crippen molar-refractivity contribution in [2.45, 2.75) is 0 Å². The lowest BCUT2D eigenvalue weighted by molar-refractivity contribution is -0.385. The van der Waals surface area contributed by atoms with Crippen molar-refractivity contribution >= 4 is 46.5 Å². The Morgan fingerprint density at radius 3 is 1.35 bits per heavy atom. The van der Waals surface area contributed by atoms with Gasteiger partial charge in [0.05, 0.1) is 44.5 Å². The Bertz CT molecular complexity index is 1740. The molecule has 0 heterocycles. The summed E-state index contributed by atoms with van der Waals surface area (Å²) in [6, 6.07) is 18.2. The number of nitro groups is 2. The molecule has 4 N–H and O–H groups in total. The highest BCUT2D eigenvalue weighted by molar-refractivity contribution is 6.04. The highest BCUT2D eigenvalue weighted by Crippen LogP contribution is 2.29. The highest BCUT2D eigenvalue weighted by atomic mass is 16.6. The van der Waals surface area contributed by atoms with Crippen LogP contribution in [0.2, 0.25) is 0 Å². The van der Waals surface area contributed by atoms with Gasteiger partial charge in [0, 0.05) is 12.1 Å². The number of non-ortho nitro benzene ring substituents is 2. The second kappa shape index (κ2) is 14.1. The molecular formula is C30H22N4O12. The maximum absolute atomic E-state index is 12.4. The lowest BCUT2D eigenvalue weighted by Crippen LogP contribution is -2.22. The summed E-state index contributed by atoms with van der Waals surface area (Å²) in [5.74, 6) is -4.18. The number of rotatable bonds is 13. The van der Waals surface area contributed by atoms with Gasteiger partial charge in [-0.15, -0.1) is 0 Å². The van der Waals surface area contributed by atoms with Gasteiger partial charge in [0.15, 0.2) is 13.2 Å². The molecule has 0 aliphatic heterocycles. The fourth-order valence-electron chi connectivity index (χ4n) is 4.06. The molecule has 0 fully saturated rings. The minimum Gasteiger partial charge on any atom is -0.484 e. The minimum absolute atomic E-state index is 0.0574. The van der Waals surface area contributed by atoms with Crippen molar-refractivity contribution in [2.75, 3.05) is 23.8 Å². The van der Waals surface area contributed by atoms with Gasteiger partial charge in [0.1, 0.15) is 11.5 Å². The molecule has 0 saturated heterocycles. The predicted octanol–water partition coefficient (Wildman–Crippen LogP) is 4.60. The van der Waals surface area contributed by atoms with Crippen molar-refractivity contribution in [3.05, 3.63) is 116 Å². The molecular weight excluding hydrogens is 608 g/mol. The average molecular weight is 631 g/mol. The van der Waals surface area contributed by atoms with Crippen LogP contribution in [0, 0.1) is 20.2 Å². The van der Waals surface area contributed by atoms with Gasteiger partial charge in [-0.2, -0.15) is 0 Å². The summed E-state index contributed by atoms with van der Waals surface area (Å²) < 4.78 is 10.5. The first-order valence-corrected chi connectivity index (χ1v) is 13.0. The average Bonchev–Trinajstić information content (AvgIpc) is 3.03. The minimum atomic E-state index is -1.40. The quantitative estimate of drug-likeness (QED) is 0.117. The van der Waals surface area contributed by atoms with E-state index in [1.165, 1.54) is 72.8 Å². The first-order chi connectivity index (χ1) is 21.9. The Hall–Kier alpha value is -6.84. The molecule has 0 aromatic heterocycles. The van der Waals surface area contributed by atoms with Gasteiger partial charge in [-0.1, -0.05) is 24.3 Å². The number of ether oxygens (including phenoxy) is 2. The molecule has 16 heteroatoms. The van der Waals surface area contributed by atoms with Crippen LogP contribution in [0.1, 0.15) is 20.7 Å². The van der Waals surface area contributed by atoms with Gasteiger partial charge in [-0.25, -0.2) is 9.59 Å². The van der Waals surface area contributed by atoms with E-state index in [1.54, 1.807) is 0 Å². The molecule has 0 aliphatic rings. The number of benzene rings is 4. The molecule has 234 valence electrons. The smallest absolute Gasteiger partial charge is 0.337 e. The van der Waals surface area contributed by atoms with Gasteiger partial charge < -0.3 is 30.3 Å². The van der Waals surface area contributed by atoms with Crippen molar-refractivity contribution in [3.8, 4) is 22.6 Å². The van der Waals surface area contributed by atoms with Crippen molar-refractivity contribution in [1.82, 2.24) is 0 Å². The zero-order chi connectivity index (χ0) is 33.4. The van der Waals surface area contributed by atoms with Crippen LogP contribution in [0.4, 0.5) is 22.7 Å². The third-order valence-corrected chi connectivity index (χ3v) is 6.18. The number of carbonyl (C=O) groups is 4. The van der Waals surface area contributed by atoms with Crippen molar-refractivity contribution in [3.63, 3.8) is 0 Å². The predicted molar refractivity (Wildman–Crippen MR) is 160 cm³/mol. The van der Waals surface area contributed by atoms with Crippen LogP contribution in [0.3, 0.4) is 0 Å². The number of anilines is 2. The molecule has 0 unspecified atom stereocenters. The number of hydrogen-bond donors (Lipinski definition) is 4. The molecule has 0 aliphatic carbocycles. The summed E-state index contributed by atoms with van der Waals surface area (Å²) in [6.07, 6.45) is 0. The summed E-state index contributed by atoms with van der Waals surface area (Å²) in [7, 11) is 0. The molecule has 4 aromatic carbocycles. The Labute approximate surface area is 258 Å². The normalized spacial score (nSPS) is 10.3. The number of carboxylic acids is 2. The number of nitrogens with zero attached hydrogens (tertiary/aromatic N) is 2. The molecule has 0 bridgehead atoms. The third kappa shape index (κ3) is 8.16. The summed E-state index contributed by atoms with van der Waals surface area (Å²) in [5, 5.41) is 46.2. The Balaban J connectivity index is 1.46. The number of nitrogens with one attached hydrogen (secondary N) is 2. The van der Waals surface area contributed by atoms with E-state index in [0.29, 0.717) is 0 Å². The summed E-state index contributed by atoms with van der Waals surface area (Å²) in [5.41, 5.74) is -0.756. The van der Waals surface area contributed by atoms with Crippen LogP contribution in [-0.4, -0.2) is 57.0 Å². The molecule has 4 aromatic rings. The maximum atomic E-state index is 12.4. The van der Waals surface area contributed by atoms with Crippen LogP contribution in [-0.2, 0) is 9.59 Å². The number of hydrogen-bond acceptors (Lipinski definition) is 10. The van der Waals surface area contributed by atoms with Gasteiger partial charge in [0.25, 0.3) is 23.2 Å². The molecule has 46 heavy (non-hydrogen) atoms. The summed E-state index contributed by atoms with van der Waals surface area (Å²) in [4.78, 5) is 69.5. The lowest BCUT2D eigenvalue weighted by atomic mass is 9.99. The summed E-state index contributed by atoms with van der Waals surface area (Å²) in [6.45, 7) is -1.15. The van der Waals surface area contributed by atoms with Gasteiger partial charge >= 0.3 is 11.9 Å². The monoisotopic (exact) mass is 630 g/mol. The second-order valence-electron chi connectivity index (χ2n) is 9.31. The van der Waals surface area contributed by atoms with Crippen molar-refractivity contribution in [1.29, 1.82) is 0 Å². The van der Waals surface area contributed by atoms with E-state index in [4.69, 9.17) is 9.47 Å². The molecule has 4 rings (SSSR count). The highest BCUT2D eigenvalue weighted by Gasteiger charge is 2.18. The van der Waals surface area contributed by atoms with E-state index in [2.05, 4.69) is 10.6 Å². The zero-order valence-corrected chi connectivity index (χ0v) is 23.4. The maximum Gasteiger partial charge on any atom is 0.337 e.